The number of nitrogens with zero attached hydrogens (tertiary/aromatic N) is 2. The van der Waals surface area contributed by atoms with Crippen molar-refractivity contribution < 1.29 is 14.3 Å². The van der Waals surface area contributed by atoms with Crippen LogP contribution in [0.3, 0.4) is 0 Å². The summed E-state index contributed by atoms with van der Waals surface area (Å²) in [6.07, 6.45) is 6.52. The Morgan fingerprint density at radius 3 is 2.11 bits per heavy atom. The van der Waals surface area contributed by atoms with Crippen LogP contribution in [0, 0.1) is 17.9 Å². The molecule has 0 saturated heterocycles. The number of hydrogen-bond donors (Lipinski definition) is 0. The minimum Gasteiger partial charge on any atom is -0.471 e. The van der Waals surface area contributed by atoms with Gasteiger partial charge in [-0.25, -0.2) is 4.85 Å². The van der Waals surface area contributed by atoms with Gasteiger partial charge in [0.25, 0.3) is 5.70 Å². The van der Waals surface area contributed by atoms with Crippen molar-refractivity contribution in [3.8, 4) is 6.07 Å². The Balaban J connectivity index is 1.85. The lowest BCUT2D eigenvalue weighted by Crippen LogP contribution is -2.16. The van der Waals surface area contributed by atoms with E-state index in [9.17, 15) is 14.9 Å². The van der Waals surface area contributed by atoms with Gasteiger partial charge >= 0.3 is 5.97 Å². The Hall–Kier alpha value is -3.52. The number of Topliss-reactive ketones (excluding diaryl/α,β-unsaturated/α-hetero) is 1. The third-order valence-corrected chi connectivity index (χ3v) is 8.19. The summed E-state index contributed by atoms with van der Waals surface area (Å²) in [6, 6.07) is 9.65. The summed E-state index contributed by atoms with van der Waals surface area (Å²) in [4.78, 5) is 28.7. The molecule has 0 unspecified atom stereocenters. The van der Waals surface area contributed by atoms with Crippen LogP contribution in [-0.2, 0) is 14.3 Å². The number of ether oxygens (including phenoxy) is 1. The predicted molar refractivity (Wildman–Crippen MR) is 148 cm³/mol. The van der Waals surface area contributed by atoms with Crippen LogP contribution >= 0.6 is 22.7 Å². The van der Waals surface area contributed by atoms with E-state index in [0.29, 0.717) is 17.0 Å². The third-order valence-electron chi connectivity index (χ3n) is 6.29. The van der Waals surface area contributed by atoms with Crippen LogP contribution in [0.25, 0.3) is 47.1 Å². The lowest BCUT2D eigenvalue weighted by atomic mass is 9.99. The molecule has 0 N–H and O–H groups in total. The summed E-state index contributed by atoms with van der Waals surface area (Å²) in [5, 5.41) is 18.1. The smallest absolute Gasteiger partial charge is 0.336 e. The molecule has 2 heterocycles. The summed E-state index contributed by atoms with van der Waals surface area (Å²) < 4.78 is 7.32. The molecule has 2 aromatic heterocycles. The van der Waals surface area contributed by atoms with Gasteiger partial charge in [-0.15, -0.1) is 22.7 Å². The summed E-state index contributed by atoms with van der Waals surface area (Å²) in [5.41, 5.74) is 0.105. The first-order valence-corrected chi connectivity index (χ1v) is 13.8. The second kappa shape index (κ2) is 11.5. The highest BCUT2D eigenvalue weighted by Crippen LogP contribution is 2.33. The molecular weight excluding hydrogens is 488 g/mol. The average molecular weight is 515 g/mol. The van der Waals surface area contributed by atoms with Gasteiger partial charge in [0, 0.05) is 30.8 Å². The number of carbonyl (C=O) groups is 2. The molecule has 0 amide bonds. The predicted octanol–water partition coefficient (Wildman–Crippen LogP) is 6.46. The summed E-state index contributed by atoms with van der Waals surface area (Å²) >= 11 is 3.02. The zero-order chi connectivity index (χ0) is 25.7. The van der Waals surface area contributed by atoms with Crippen molar-refractivity contribution in [1.29, 1.82) is 5.26 Å². The Morgan fingerprint density at radius 2 is 1.53 bits per heavy atom. The molecule has 0 atom stereocenters. The van der Waals surface area contributed by atoms with Gasteiger partial charge in [-0.1, -0.05) is 45.1 Å². The lowest BCUT2D eigenvalue weighted by Gasteiger charge is -2.08. The first-order valence-electron chi connectivity index (χ1n) is 12.1. The first kappa shape index (κ1) is 25.6. The second-order valence-corrected chi connectivity index (χ2v) is 10.5. The molecule has 0 fully saturated rings. The van der Waals surface area contributed by atoms with E-state index >= 15 is 0 Å². The highest BCUT2D eigenvalue weighted by atomic mass is 32.1. The van der Waals surface area contributed by atoms with Crippen LogP contribution in [0.5, 0.6) is 0 Å². The molecule has 0 bridgehead atoms. The fraction of sp³-hybridized carbons (Fsp3) is 0.310. The normalized spacial score (nSPS) is 12.9. The topological polar surface area (TPSA) is 71.5 Å². The van der Waals surface area contributed by atoms with Crippen molar-refractivity contribution in [2.45, 2.75) is 52.4 Å². The van der Waals surface area contributed by atoms with Crippen LogP contribution in [-0.4, -0.2) is 18.4 Å². The zero-order valence-electron chi connectivity index (χ0n) is 20.3. The molecule has 4 aromatic rings. The molecule has 2 aromatic carbocycles. The number of benzene rings is 2. The van der Waals surface area contributed by atoms with Crippen LogP contribution in [0.1, 0.15) is 52.4 Å². The molecule has 0 aliphatic heterocycles. The first-order chi connectivity index (χ1) is 17.5. The Kier molecular flexibility index (Phi) is 8.15. The minimum atomic E-state index is -0.596. The average Bonchev–Trinajstić information content (AvgIpc) is 3.55. The molecule has 0 radical (unpaired) electrons. The maximum absolute atomic E-state index is 12.9. The SMILES string of the molecule is [C-]#[N+]/C(C(=O)OCCCCCCCC)=c1/cc2c(c/c(=C(/C#N)C(C)=O)c3ccsc32)c2sccc12. The molecule has 0 saturated carbocycles. The fourth-order valence-electron chi connectivity index (χ4n) is 4.50. The Labute approximate surface area is 217 Å². The minimum absolute atomic E-state index is 0.0203. The van der Waals surface area contributed by atoms with Crippen LogP contribution in [0.15, 0.2) is 35.0 Å². The quantitative estimate of drug-likeness (QED) is 0.146. The molecule has 0 aliphatic carbocycles. The van der Waals surface area contributed by atoms with Crippen LogP contribution in [0.2, 0.25) is 0 Å². The monoisotopic (exact) mass is 514 g/mol. The molecule has 182 valence electrons. The highest BCUT2D eigenvalue weighted by Gasteiger charge is 2.18. The molecule has 0 spiro atoms. The number of carbonyl (C=O) groups excluding carboxylic acids is 2. The number of unbranched alkanes of at least 4 members (excludes halogenated alkanes) is 5. The van der Waals surface area contributed by atoms with E-state index < -0.39 is 5.97 Å². The van der Waals surface area contributed by atoms with E-state index in [2.05, 4.69) is 17.8 Å². The van der Waals surface area contributed by atoms with Gasteiger partial charge in [0.15, 0.2) is 5.78 Å². The second-order valence-electron chi connectivity index (χ2n) is 8.68. The van der Waals surface area contributed by atoms with Gasteiger partial charge in [-0.2, -0.15) is 5.26 Å². The van der Waals surface area contributed by atoms with E-state index in [0.717, 1.165) is 50.2 Å². The van der Waals surface area contributed by atoms with Gasteiger partial charge in [0.05, 0.1) is 13.2 Å². The largest absolute Gasteiger partial charge is 0.471 e. The number of thiophene rings is 2. The van der Waals surface area contributed by atoms with Crippen molar-refractivity contribution >= 4 is 76.6 Å². The van der Waals surface area contributed by atoms with E-state index in [1.54, 1.807) is 0 Å². The Morgan fingerprint density at radius 1 is 0.944 bits per heavy atom. The number of fused-ring (bicyclic) bond motifs is 5. The van der Waals surface area contributed by atoms with E-state index in [4.69, 9.17) is 11.3 Å². The number of rotatable bonds is 9. The van der Waals surface area contributed by atoms with Gasteiger partial charge < -0.3 is 4.74 Å². The number of ketones is 1. The van der Waals surface area contributed by atoms with Gasteiger partial charge in [0.1, 0.15) is 11.6 Å². The van der Waals surface area contributed by atoms with E-state index in [-0.39, 0.29) is 17.1 Å². The van der Waals surface area contributed by atoms with Crippen molar-refractivity contribution in [1.82, 2.24) is 0 Å². The number of esters is 1. The number of nitriles is 1. The summed E-state index contributed by atoms with van der Waals surface area (Å²) in [7, 11) is 0. The molecule has 5 nitrogen and oxygen atoms in total. The Bertz CT molecular complexity index is 1680. The molecule has 4 rings (SSSR count). The van der Waals surface area contributed by atoms with Crippen LogP contribution < -0.4 is 10.4 Å². The van der Waals surface area contributed by atoms with Gasteiger partial charge in [0.2, 0.25) is 0 Å². The van der Waals surface area contributed by atoms with E-state index in [1.165, 1.54) is 48.9 Å². The summed E-state index contributed by atoms with van der Waals surface area (Å²) in [5.74, 6) is -0.874. The zero-order valence-corrected chi connectivity index (χ0v) is 22.0. The van der Waals surface area contributed by atoms with E-state index in [1.807, 2.05) is 35.0 Å². The molecule has 7 heteroatoms. The maximum atomic E-state index is 12.9. The van der Waals surface area contributed by atoms with Crippen molar-refractivity contribution in [2.75, 3.05) is 6.61 Å². The lowest BCUT2D eigenvalue weighted by molar-refractivity contribution is -0.136. The molecule has 0 aliphatic rings. The highest BCUT2D eigenvalue weighted by molar-refractivity contribution is 7.19. The van der Waals surface area contributed by atoms with Crippen molar-refractivity contribution in [2.24, 2.45) is 0 Å². The standard InChI is InChI=1S/C29H26N2O3S2/c1-4-5-6-7-8-9-12-34-29(33)26(31-3)22-16-24-23(28-20(22)11-14-36-28)15-21(25(17-30)18(2)32)19-10-13-35-27(19)24/h10-11,13-16H,4-9,12H2,1-2H3/b25-21+,26-22-. The van der Waals surface area contributed by atoms with Gasteiger partial charge in [-0.05, 0) is 52.9 Å². The number of hydrogen-bond acceptors (Lipinski definition) is 6. The van der Waals surface area contributed by atoms with Crippen LogP contribution in [0.4, 0.5) is 0 Å². The summed E-state index contributed by atoms with van der Waals surface area (Å²) in [6.45, 7) is 11.7. The van der Waals surface area contributed by atoms with Crippen molar-refractivity contribution in [3.63, 3.8) is 0 Å². The fourth-order valence-corrected chi connectivity index (χ4v) is 6.38. The van der Waals surface area contributed by atoms with Crippen molar-refractivity contribution in [3.05, 3.63) is 56.9 Å². The maximum Gasteiger partial charge on any atom is 0.336 e. The molecule has 36 heavy (non-hydrogen) atoms. The van der Waals surface area contributed by atoms with Gasteiger partial charge in [-0.3, -0.25) is 9.59 Å². The third kappa shape index (κ3) is 4.91. The molecular formula is C29H26N2O3S2.